The van der Waals surface area contributed by atoms with Crippen molar-refractivity contribution >= 4 is 46.7 Å². The van der Waals surface area contributed by atoms with E-state index in [0.29, 0.717) is 10.9 Å². The molecule has 0 saturated carbocycles. The van der Waals surface area contributed by atoms with Crippen LogP contribution in [-0.4, -0.2) is 27.5 Å². The van der Waals surface area contributed by atoms with Gasteiger partial charge in [-0.25, -0.2) is 9.37 Å². The minimum absolute atomic E-state index is 0.0817. The van der Waals surface area contributed by atoms with E-state index < -0.39 is 29.1 Å². The van der Waals surface area contributed by atoms with Gasteiger partial charge < -0.3 is 15.6 Å². The molecule has 0 spiro atoms. The summed E-state index contributed by atoms with van der Waals surface area (Å²) >= 11 is 7.01. The number of thioether (sulfide) groups is 1. The van der Waals surface area contributed by atoms with Crippen molar-refractivity contribution in [3.05, 3.63) is 45.0 Å². The number of halogens is 2. The summed E-state index contributed by atoms with van der Waals surface area (Å²) in [6.45, 7) is 1.90. The third kappa shape index (κ3) is 3.73. The molecule has 3 rings (SSSR count). The summed E-state index contributed by atoms with van der Waals surface area (Å²) < 4.78 is 13.2. The topological polar surface area (TPSA) is 104 Å². The summed E-state index contributed by atoms with van der Waals surface area (Å²) in [6, 6.07) is 3.70. The van der Waals surface area contributed by atoms with E-state index in [1.807, 2.05) is 6.92 Å². The Hall–Kier alpha value is -2.39. The molecule has 7 nitrogen and oxygen atoms in total. The molecule has 136 valence electrons. The molecule has 2 aromatic rings. The highest BCUT2D eigenvalue weighted by molar-refractivity contribution is 7.99. The summed E-state index contributed by atoms with van der Waals surface area (Å²) in [5.41, 5.74) is -0.129. The maximum atomic E-state index is 13.2. The number of hydrogen-bond donors (Lipinski definition) is 3. The summed E-state index contributed by atoms with van der Waals surface area (Å²) in [5, 5.41) is 5.30. The number of nitrogens with one attached hydrogen (secondary N) is 3. The SMILES string of the molecule is CCSc1nc2c(c(=O)[nH]1)[C@H](C(=O)Nc1ccc(F)c(Cl)c1)CC(=O)N2. The van der Waals surface area contributed by atoms with Gasteiger partial charge >= 0.3 is 0 Å². The molecule has 1 aliphatic rings. The fraction of sp³-hybridized carbons (Fsp3) is 0.250. The van der Waals surface area contributed by atoms with Gasteiger partial charge in [-0.2, -0.15) is 0 Å². The minimum atomic E-state index is -1.01. The number of amides is 2. The molecule has 0 saturated heterocycles. The lowest BCUT2D eigenvalue weighted by Gasteiger charge is -2.23. The molecule has 0 unspecified atom stereocenters. The zero-order valence-electron chi connectivity index (χ0n) is 13.6. The van der Waals surface area contributed by atoms with Crippen LogP contribution < -0.4 is 16.2 Å². The molecule has 26 heavy (non-hydrogen) atoms. The van der Waals surface area contributed by atoms with Crippen molar-refractivity contribution in [2.75, 3.05) is 16.4 Å². The Morgan fingerprint density at radius 2 is 2.23 bits per heavy atom. The van der Waals surface area contributed by atoms with Crippen LogP contribution in [0.3, 0.4) is 0 Å². The van der Waals surface area contributed by atoms with Gasteiger partial charge in [-0.05, 0) is 24.0 Å². The molecule has 0 radical (unpaired) electrons. The van der Waals surface area contributed by atoms with Crippen LogP contribution in [0.1, 0.15) is 24.8 Å². The smallest absolute Gasteiger partial charge is 0.257 e. The normalized spacial score (nSPS) is 16.0. The van der Waals surface area contributed by atoms with Gasteiger partial charge in [0.25, 0.3) is 5.56 Å². The molecule has 0 aliphatic carbocycles. The second kappa shape index (κ2) is 7.46. The van der Waals surface area contributed by atoms with E-state index in [4.69, 9.17) is 11.6 Å². The first-order valence-electron chi connectivity index (χ1n) is 7.71. The molecular formula is C16H14ClFN4O3S. The summed E-state index contributed by atoms with van der Waals surface area (Å²) in [6.07, 6.45) is -0.196. The number of H-pyrrole nitrogens is 1. The van der Waals surface area contributed by atoms with Gasteiger partial charge in [0.05, 0.1) is 16.5 Å². The first-order valence-corrected chi connectivity index (χ1v) is 9.08. The summed E-state index contributed by atoms with van der Waals surface area (Å²) in [4.78, 5) is 43.8. The predicted molar refractivity (Wildman–Crippen MR) is 97.3 cm³/mol. The lowest BCUT2D eigenvalue weighted by Crippen LogP contribution is -2.36. The average molecular weight is 397 g/mol. The number of fused-ring (bicyclic) bond motifs is 1. The molecule has 0 bridgehead atoms. The third-order valence-corrected chi connectivity index (χ3v) is 4.76. The van der Waals surface area contributed by atoms with Crippen LogP contribution in [0.25, 0.3) is 0 Å². The van der Waals surface area contributed by atoms with Gasteiger partial charge in [0.1, 0.15) is 11.6 Å². The maximum Gasteiger partial charge on any atom is 0.257 e. The molecule has 1 atom stereocenters. The highest BCUT2D eigenvalue weighted by atomic mass is 35.5. The van der Waals surface area contributed by atoms with Crippen LogP contribution in [-0.2, 0) is 9.59 Å². The number of rotatable bonds is 4. The Kier molecular flexibility index (Phi) is 5.28. The van der Waals surface area contributed by atoms with Crippen molar-refractivity contribution in [2.45, 2.75) is 24.4 Å². The van der Waals surface area contributed by atoms with E-state index in [1.54, 1.807) is 0 Å². The van der Waals surface area contributed by atoms with Gasteiger partial charge in [0.15, 0.2) is 5.16 Å². The van der Waals surface area contributed by atoms with E-state index in [2.05, 4.69) is 20.6 Å². The number of hydrogen-bond acceptors (Lipinski definition) is 5. The van der Waals surface area contributed by atoms with Gasteiger partial charge in [0, 0.05) is 12.1 Å². The Morgan fingerprint density at radius 3 is 2.92 bits per heavy atom. The summed E-state index contributed by atoms with van der Waals surface area (Å²) in [5.74, 6) is -1.86. The lowest BCUT2D eigenvalue weighted by molar-refractivity contribution is -0.123. The largest absolute Gasteiger partial charge is 0.325 e. The Labute approximate surface area is 156 Å². The zero-order valence-corrected chi connectivity index (χ0v) is 15.1. The van der Waals surface area contributed by atoms with Crippen LogP contribution in [0.2, 0.25) is 5.02 Å². The molecule has 3 N–H and O–H groups in total. The Balaban J connectivity index is 1.93. The zero-order chi connectivity index (χ0) is 18.8. The van der Waals surface area contributed by atoms with Crippen molar-refractivity contribution in [1.29, 1.82) is 0 Å². The van der Waals surface area contributed by atoms with Crippen molar-refractivity contribution < 1.29 is 14.0 Å². The predicted octanol–water partition coefficient (Wildman–Crippen LogP) is 2.74. The van der Waals surface area contributed by atoms with E-state index in [1.165, 1.54) is 23.9 Å². The van der Waals surface area contributed by atoms with Crippen molar-refractivity contribution in [3.8, 4) is 0 Å². The van der Waals surface area contributed by atoms with Crippen LogP contribution >= 0.6 is 23.4 Å². The second-order valence-electron chi connectivity index (χ2n) is 5.49. The van der Waals surface area contributed by atoms with Gasteiger partial charge in [-0.15, -0.1) is 0 Å². The Morgan fingerprint density at radius 1 is 1.46 bits per heavy atom. The van der Waals surface area contributed by atoms with Crippen molar-refractivity contribution in [3.63, 3.8) is 0 Å². The highest BCUT2D eigenvalue weighted by Gasteiger charge is 2.34. The number of benzene rings is 1. The van der Waals surface area contributed by atoms with E-state index in [-0.39, 0.29) is 28.5 Å². The van der Waals surface area contributed by atoms with Crippen molar-refractivity contribution in [1.82, 2.24) is 9.97 Å². The molecule has 0 fully saturated rings. The van der Waals surface area contributed by atoms with Crippen molar-refractivity contribution in [2.24, 2.45) is 0 Å². The number of anilines is 2. The van der Waals surface area contributed by atoms with E-state index in [9.17, 15) is 18.8 Å². The number of nitrogens with zero attached hydrogens (tertiary/aromatic N) is 1. The number of carbonyl (C=O) groups excluding carboxylic acids is 2. The number of aromatic nitrogens is 2. The molecule has 1 aliphatic heterocycles. The molecular weight excluding hydrogens is 383 g/mol. The van der Waals surface area contributed by atoms with Gasteiger partial charge in [-0.3, -0.25) is 14.4 Å². The fourth-order valence-electron chi connectivity index (χ4n) is 2.58. The number of aromatic amines is 1. The average Bonchev–Trinajstić information content (AvgIpc) is 2.57. The van der Waals surface area contributed by atoms with Crippen LogP contribution in [0.4, 0.5) is 15.9 Å². The van der Waals surface area contributed by atoms with Crippen LogP contribution in [0, 0.1) is 5.82 Å². The lowest BCUT2D eigenvalue weighted by atomic mass is 9.92. The highest BCUT2D eigenvalue weighted by Crippen LogP contribution is 2.30. The standard InChI is InChI=1S/C16H14ClFN4O3S/c1-2-26-16-21-13-12(15(25)22-16)8(6-11(23)20-13)14(24)19-7-3-4-10(18)9(17)5-7/h3-5,8H,2,6H2,1H3,(H,19,24)(H2,20,21,22,23,25)/t8-/m1/s1. The first-order chi connectivity index (χ1) is 12.4. The monoisotopic (exact) mass is 396 g/mol. The van der Waals surface area contributed by atoms with Crippen LogP contribution in [0.5, 0.6) is 0 Å². The first kappa shape index (κ1) is 18.4. The minimum Gasteiger partial charge on any atom is -0.325 e. The molecule has 1 aromatic carbocycles. The molecule has 10 heteroatoms. The van der Waals surface area contributed by atoms with E-state index in [0.717, 1.165) is 6.07 Å². The maximum absolute atomic E-state index is 13.2. The summed E-state index contributed by atoms with van der Waals surface area (Å²) in [7, 11) is 0. The fourth-order valence-corrected chi connectivity index (χ4v) is 3.36. The molecule has 2 amide bonds. The molecule has 1 aromatic heterocycles. The van der Waals surface area contributed by atoms with Gasteiger partial charge in [0.2, 0.25) is 11.8 Å². The second-order valence-corrected chi connectivity index (χ2v) is 7.15. The quantitative estimate of drug-likeness (QED) is 0.544. The van der Waals surface area contributed by atoms with Gasteiger partial charge in [-0.1, -0.05) is 30.3 Å². The number of carbonyl (C=O) groups is 2. The molecule has 2 heterocycles. The Bertz CT molecular complexity index is 950. The third-order valence-electron chi connectivity index (χ3n) is 3.71. The van der Waals surface area contributed by atoms with E-state index >= 15 is 0 Å². The van der Waals surface area contributed by atoms with Crippen LogP contribution in [0.15, 0.2) is 28.2 Å².